The van der Waals surface area contributed by atoms with Gasteiger partial charge in [-0.2, -0.15) is 0 Å². The van der Waals surface area contributed by atoms with Crippen LogP contribution in [0.15, 0.2) is 64.9 Å². The molecule has 2 aromatic carbocycles. The Morgan fingerprint density at radius 2 is 1.69 bits per heavy atom. The van der Waals surface area contributed by atoms with Crippen molar-refractivity contribution in [1.82, 2.24) is 0 Å². The first-order valence-electron chi connectivity index (χ1n) is 8.86. The number of carbonyl (C=O) groups excluding carboxylic acids is 2. The molecule has 1 aliphatic heterocycles. The van der Waals surface area contributed by atoms with Gasteiger partial charge in [0.1, 0.15) is 6.10 Å². The Balaban J connectivity index is 2.08. The fourth-order valence-electron chi connectivity index (χ4n) is 2.86. The molecule has 1 amide bonds. The highest BCUT2D eigenvalue weighted by molar-refractivity contribution is 6.31. The van der Waals surface area contributed by atoms with E-state index in [4.69, 9.17) is 38.4 Å². The molecule has 0 bridgehead atoms. The molecule has 1 heterocycles. The Morgan fingerprint density at radius 1 is 1.10 bits per heavy atom. The Bertz CT molecular complexity index is 983. The Morgan fingerprint density at radius 3 is 2.24 bits per heavy atom. The topological polar surface area (TPSA) is 91.0 Å². The minimum atomic E-state index is -0.945. The van der Waals surface area contributed by atoms with Gasteiger partial charge < -0.3 is 15.2 Å². The van der Waals surface area contributed by atoms with Crippen molar-refractivity contribution in [3.63, 3.8) is 0 Å². The van der Waals surface area contributed by atoms with Gasteiger partial charge in [-0.25, -0.2) is 9.79 Å². The van der Waals surface area contributed by atoms with Crippen LogP contribution in [0, 0.1) is 0 Å². The lowest BCUT2D eigenvalue weighted by Gasteiger charge is -2.12. The van der Waals surface area contributed by atoms with E-state index in [1.807, 2.05) is 12.1 Å². The maximum Gasteiger partial charge on any atom is 0.347 e. The van der Waals surface area contributed by atoms with Gasteiger partial charge in [-0.1, -0.05) is 35.3 Å². The van der Waals surface area contributed by atoms with Gasteiger partial charge in [-0.3, -0.25) is 4.79 Å². The first-order chi connectivity index (χ1) is 13.9. The summed E-state index contributed by atoms with van der Waals surface area (Å²) in [6.45, 7) is 1.73. The fourth-order valence-corrected chi connectivity index (χ4v) is 3.12. The van der Waals surface area contributed by atoms with Crippen LogP contribution in [-0.2, 0) is 19.1 Å². The molecule has 3 rings (SSSR count). The van der Waals surface area contributed by atoms with Crippen molar-refractivity contribution in [2.75, 3.05) is 6.61 Å². The van der Waals surface area contributed by atoms with Crippen LogP contribution >= 0.6 is 23.2 Å². The second-order valence-electron chi connectivity index (χ2n) is 6.19. The second kappa shape index (κ2) is 9.11. The lowest BCUT2D eigenvalue weighted by Crippen LogP contribution is -2.25. The summed E-state index contributed by atoms with van der Waals surface area (Å²) in [7, 11) is 0. The van der Waals surface area contributed by atoms with E-state index in [9.17, 15) is 9.59 Å². The zero-order chi connectivity index (χ0) is 21.0. The van der Waals surface area contributed by atoms with Gasteiger partial charge in [0.25, 0.3) is 5.91 Å². The summed E-state index contributed by atoms with van der Waals surface area (Å²) in [6.07, 6.45) is -0.132. The molecule has 29 heavy (non-hydrogen) atoms. The van der Waals surface area contributed by atoms with E-state index in [1.54, 1.807) is 43.3 Å². The van der Waals surface area contributed by atoms with Crippen molar-refractivity contribution < 1.29 is 19.1 Å². The Hall–Kier alpha value is -2.83. The maximum atomic E-state index is 12.4. The highest BCUT2D eigenvalue weighted by Crippen LogP contribution is 2.37. The average Bonchev–Trinajstić information content (AvgIpc) is 3.07. The van der Waals surface area contributed by atoms with Crippen molar-refractivity contribution in [3.8, 4) is 0 Å². The molecule has 1 atom stereocenters. The number of halogens is 2. The van der Waals surface area contributed by atoms with E-state index in [0.717, 1.165) is 5.56 Å². The number of amides is 1. The number of nitrogens with two attached hydrogens (primary N) is 1. The zero-order valence-electron chi connectivity index (χ0n) is 15.5. The maximum absolute atomic E-state index is 12.4. The molecule has 1 aliphatic rings. The average molecular weight is 433 g/mol. The smallest absolute Gasteiger partial charge is 0.347 e. The highest BCUT2D eigenvalue weighted by Gasteiger charge is 2.36. The summed E-state index contributed by atoms with van der Waals surface area (Å²) in [6, 6.07) is 13.9. The van der Waals surface area contributed by atoms with Crippen LogP contribution < -0.4 is 5.73 Å². The number of esters is 1. The van der Waals surface area contributed by atoms with Crippen LogP contribution in [0.5, 0.6) is 0 Å². The summed E-state index contributed by atoms with van der Waals surface area (Å²) in [4.78, 5) is 28.9. The summed E-state index contributed by atoms with van der Waals surface area (Å²) in [5, 5.41) is 1.15. The van der Waals surface area contributed by atoms with E-state index >= 15 is 0 Å². The number of ether oxygens (including phenoxy) is 2. The molecule has 1 fully saturated rings. The molecule has 8 heteroatoms. The molecule has 0 radical (unpaired) electrons. The van der Waals surface area contributed by atoms with Crippen molar-refractivity contribution in [2.24, 2.45) is 10.7 Å². The SMILES string of the molecule is CCOC(=O)/C(C(N)=O)=C1/O[C@H](c2ccc(Cl)cc2)CC1=Nc1ccc(Cl)cc1. The number of hydrogen-bond donors (Lipinski definition) is 1. The van der Waals surface area contributed by atoms with Gasteiger partial charge >= 0.3 is 5.97 Å². The van der Waals surface area contributed by atoms with Gasteiger partial charge in [0.2, 0.25) is 0 Å². The molecule has 2 N–H and O–H groups in total. The number of allylic oxidation sites excluding steroid dienone is 1. The predicted octanol–water partition coefficient (Wildman–Crippen LogP) is 4.53. The summed E-state index contributed by atoms with van der Waals surface area (Å²) >= 11 is 11.9. The third-order valence-corrected chi connectivity index (χ3v) is 4.69. The van der Waals surface area contributed by atoms with Gasteiger partial charge in [-0.05, 0) is 48.9 Å². The first-order valence-corrected chi connectivity index (χ1v) is 9.61. The van der Waals surface area contributed by atoms with Crippen LogP contribution in [0.2, 0.25) is 10.0 Å². The van der Waals surface area contributed by atoms with Gasteiger partial charge in [0.15, 0.2) is 11.3 Å². The molecule has 0 spiro atoms. The molecule has 0 aromatic heterocycles. The van der Waals surface area contributed by atoms with Crippen LogP contribution in [0.3, 0.4) is 0 Å². The number of hydrogen-bond acceptors (Lipinski definition) is 5. The van der Waals surface area contributed by atoms with Crippen LogP contribution in [0.25, 0.3) is 0 Å². The molecule has 0 aliphatic carbocycles. The number of nitrogens with zero attached hydrogens (tertiary/aromatic N) is 1. The minimum absolute atomic E-state index is 0.0193. The number of primary amides is 1. The fraction of sp³-hybridized carbons (Fsp3) is 0.190. The molecule has 150 valence electrons. The van der Waals surface area contributed by atoms with Crippen molar-refractivity contribution in [3.05, 3.63) is 75.5 Å². The molecule has 2 aromatic rings. The number of benzene rings is 2. The quantitative estimate of drug-likeness (QED) is 0.325. The highest BCUT2D eigenvalue weighted by atomic mass is 35.5. The third-order valence-electron chi connectivity index (χ3n) is 4.19. The number of carbonyl (C=O) groups is 2. The number of rotatable bonds is 5. The van der Waals surface area contributed by atoms with Crippen LogP contribution in [0.1, 0.15) is 25.0 Å². The lowest BCUT2D eigenvalue weighted by atomic mass is 10.0. The van der Waals surface area contributed by atoms with Crippen molar-refractivity contribution >= 4 is 46.5 Å². The third kappa shape index (κ3) is 4.96. The summed E-state index contributed by atoms with van der Waals surface area (Å²) < 4.78 is 10.9. The van der Waals surface area contributed by atoms with E-state index in [1.165, 1.54) is 0 Å². The van der Waals surface area contributed by atoms with Crippen LogP contribution in [0.4, 0.5) is 5.69 Å². The normalized spacial score (nSPS) is 19.0. The van der Waals surface area contributed by atoms with Crippen molar-refractivity contribution in [2.45, 2.75) is 19.4 Å². The zero-order valence-corrected chi connectivity index (χ0v) is 17.0. The van der Waals surface area contributed by atoms with E-state index in [0.29, 0.717) is 27.9 Å². The summed E-state index contributed by atoms with van der Waals surface area (Å²) in [5.41, 5.74) is 6.92. The Labute approximate surface area is 177 Å². The lowest BCUT2D eigenvalue weighted by molar-refractivity contribution is -0.140. The van der Waals surface area contributed by atoms with Crippen LogP contribution in [-0.4, -0.2) is 24.2 Å². The van der Waals surface area contributed by atoms with Gasteiger partial charge in [0.05, 0.1) is 18.0 Å². The summed E-state index contributed by atoms with van der Waals surface area (Å²) in [5.74, 6) is -1.78. The van der Waals surface area contributed by atoms with Gasteiger partial charge in [0, 0.05) is 16.5 Å². The standard InChI is InChI=1S/C21H18Cl2N2O4/c1-2-28-21(27)18(20(24)26)19-16(25-15-9-7-14(23)8-10-15)11-17(29-19)12-3-5-13(22)6-4-12/h3-10,17H,2,11H2,1H3,(H2,24,26)/b19-18+,25-16?/t17-/m0/s1. The molecular weight excluding hydrogens is 415 g/mol. The molecular formula is C21H18Cl2N2O4. The second-order valence-corrected chi connectivity index (χ2v) is 7.06. The largest absolute Gasteiger partial charge is 0.482 e. The molecule has 6 nitrogen and oxygen atoms in total. The monoisotopic (exact) mass is 432 g/mol. The first kappa shape index (κ1) is 20.9. The van der Waals surface area contributed by atoms with Gasteiger partial charge in [-0.15, -0.1) is 0 Å². The Kier molecular flexibility index (Phi) is 6.56. The molecule has 1 saturated heterocycles. The van der Waals surface area contributed by atoms with Crippen molar-refractivity contribution in [1.29, 1.82) is 0 Å². The molecule has 0 unspecified atom stereocenters. The predicted molar refractivity (Wildman–Crippen MR) is 111 cm³/mol. The van der Waals surface area contributed by atoms with E-state index in [-0.39, 0.29) is 17.9 Å². The molecule has 0 saturated carbocycles. The van der Waals surface area contributed by atoms with E-state index < -0.39 is 18.0 Å². The number of aliphatic imine (C=N–C) groups is 1. The van der Waals surface area contributed by atoms with E-state index in [2.05, 4.69) is 4.99 Å². The minimum Gasteiger partial charge on any atom is -0.482 e.